The van der Waals surface area contributed by atoms with Gasteiger partial charge in [-0.25, -0.2) is 4.79 Å². The van der Waals surface area contributed by atoms with E-state index in [1.807, 2.05) is 20.1 Å². The van der Waals surface area contributed by atoms with Gasteiger partial charge in [-0.05, 0) is 38.3 Å². The van der Waals surface area contributed by atoms with Gasteiger partial charge in [0.15, 0.2) is 6.61 Å². The molecule has 0 bridgehead atoms. The SMILES string of the molecule is CCN(CC)C(=O)COC(=O)C(CCSC)NC(=O)c1cccc([N+](=O)[O-])c1. The lowest BCUT2D eigenvalue weighted by atomic mass is 10.1. The number of nitrogens with zero attached hydrogens (tertiary/aromatic N) is 2. The number of hydrogen-bond acceptors (Lipinski definition) is 7. The second-order valence-electron chi connectivity index (χ2n) is 5.79. The summed E-state index contributed by atoms with van der Waals surface area (Å²) in [5, 5.41) is 13.4. The number of hydrogen-bond donors (Lipinski definition) is 1. The Morgan fingerprint density at radius 2 is 1.96 bits per heavy atom. The van der Waals surface area contributed by atoms with E-state index in [9.17, 15) is 24.5 Å². The summed E-state index contributed by atoms with van der Waals surface area (Å²) >= 11 is 1.49. The predicted octanol–water partition coefficient (Wildman–Crippen LogP) is 1.86. The van der Waals surface area contributed by atoms with Crippen LogP contribution in [0.5, 0.6) is 0 Å². The number of nitrogens with one attached hydrogen (secondary N) is 1. The summed E-state index contributed by atoms with van der Waals surface area (Å²) in [7, 11) is 0. The monoisotopic (exact) mass is 411 g/mol. The zero-order chi connectivity index (χ0) is 21.1. The molecular formula is C18H25N3O6S. The minimum Gasteiger partial charge on any atom is -0.454 e. The summed E-state index contributed by atoms with van der Waals surface area (Å²) in [5.74, 6) is -1.07. The van der Waals surface area contributed by atoms with E-state index in [1.54, 1.807) is 0 Å². The lowest BCUT2D eigenvalue weighted by Crippen LogP contribution is -2.43. The minimum absolute atomic E-state index is 0.0652. The van der Waals surface area contributed by atoms with Crippen LogP contribution in [-0.4, -0.2) is 65.4 Å². The molecule has 154 valence electrons. The van der Waals surface area contributed by atoms with Gasteiger partial charge in [-0.1, -0.05) is 6.07 Å². The summed E-state index contributed by atoms with van der Waals surface area (Å²) in [6.07, 6.45) is 2.16. The van der Waals surface area contributed by atoms with Gasteiger partial charge >= 0.3 is 5.97 Å². The highest BCUT2D eigenvalue weighted by Gasteiger charge is 2.24. The number of nitro benzene ring substituents is 1. The smallest absolute Gasteiger partial charge is 0.329 e. The molecule has 0 aliphatic rings. The van der Waals surface area contributed by atoms with Gasteiger partial charge in [0, 0.05) is 30.8 Å². The first-order valence-corrected chi connectivity index (χ1v) is 10.2. The average molecular weight is 411 g/mol. The molecule has 0 aromatic heterocycles. The van der Waals surface area contributed by atoms with Crippen molar-refractivity contribution < 1.29 is 24.0 Å². The highest BCUT2D eigenvalue weighted by Crippen LogP contribution is 2.13. The maximum Gasteiger partial charge on any atom is 0.329 e. The third kappa shape index (κ3) is 7.18. The van der Waals surface area contributed by atoms with E-state index in [0.29, 0.717) is 25.3 Å². The van der Waals surface area contributed by atoms with E-state index in [-0.39, 0.29) is 17.2 Å². The number of amides is 2. The fourth-order valence-electron chi connectivity index (χ4n) is 2.39. The van der Waals surface area contributed by atoms with Gasteiger partial charge in [-0.3, -0.25) is 19.7 Å². The van der Waals surface area contributed by atoms with E-state index < -0.39 is 29.4 Å². The molecule has 1 atom stereocenters. The molecule has 0 heterocycles. The van der Waals surface area contributed by atoms with Crippen LogP contribution in [0.1, 0.15) is 30.6 Å². The van der Waals surface area contributed by atoms with Gasteiger partial charge in [0.05, 0.1) is 4.92 Å². The number of ether oxygens (including phenoxy) is 1. The van der Waals surface area contributed by atoms with Crippen LogP contribution in [0.2, 0.25) is 0 Å². The number of thioether (sulfide) groups is 1. The van der Waals surface area contributed by atoms with E-state index in [2.05, 4.69) is 5.32 Å². The van der Waals surface area contributed by atoms with Crippen molar-refractivity contribution in [3.63, 3.8) is 0 Å². The van der Waals surface area contributed by atoms with Crippen LogP contribution in [0.3, 0.4) is 0 Å². The summed E-state index contributed by atoms with van der Waals surface area (Å²) in [6.45, 7) is 4.26. The number of carbonyl (C=O) groups is 3. The van der Waals surface area contributed by atoms with Gasteiger partial charge in [-0.15, -0.1) is 0 Å². The fraction of sp³-hybridized carbons (Fsp3) is 0.500. The fourth-order valence-corrected chi connectivity index (χ4v) is 2.86. The molecule has 0 spiro atoms. The molecular weight excluding hydrogens is 386 g/mol. The average Bonchev–Trinajstić information content (AvgIpc) is 2.70. The molecule has 10 heteroatoms. The Balaban J connectivity index is 2.79. The number of carbonyl (C=O) groups excluding carboxylic acids is 3. The lowest BCUT2D eigenvalue weighted by Gasteiger charge is -2.20. The van der Waals surface area contributed by atoms with Crippen molar-refractivity contribution >= 4 is 35.2 Å². The van der Waals surface area contributed by atoms with Crippen molar-refractivity contribution in [3.05, 3.63) is 39.9 Å². The summed E-state index contributed by atoms with van der Waals surface area (Å²) in [6, 6.07) is 4.27. The van der Waals surface area contributed by atoms with Gasteiger partial charge < -0.3 is 15.0 Å². The molecule has 1 aromatic carbocycles. The Bertz CT molecular complexity index is 708. The number of esters is 1. The van der Waals surface area contributed by atoms with Crippen molar-refractivity contribution in [2.24, 2.45) is 0 Å². The summed E-state index contributed by atoms with van der Waals surface area (Å²) in [4.78, 5) is 48.6. The van der Waals surface area contributed by atoms with Gasteiger partial charge in [0.1, 0.15) is 6.04 Å². The van der Waals surface area contributed by atoms with Crippen LogP contribution >= 0.6 is 11.8 Å². The molecule has 2 amide bonds. The Morgan fingerprint density at radius 3 is 2.54 bits per heavy atom. The first-order chi connectivity index (χ1) is 13.3. The van der Waals surface area contributed by atoms with Crippen molar-refractivity contribution in [2.45, 2.75) is 26.3 Å². The van der Waals surface area contributed by atoms with Crippen LogP contribution in [0.25, 0.3) is 0 Å². The molecule has 1 aromatic rings. The first kappa shape index (κ1) is 23.4. The van der Waals surface area contributed by atoms with E-state index in [0.717, 1.165) is 6.07 Å². The number of nitro groups is 1. The van der Waals surface area contributed by atoms with Crippen LogP contribution in [0.15, 0.2) is 24.3 Å². The molecule has 1 N–H and O–H groups in total. The van der Waals surface area contributed by atoms with E-state index >= 15 is 0 Å². The predicted molar refractivity (Wildman–Crippen MR) is 106 cm³/mol. The highest BCUT2D eigenvalue weighted by molar-refractivity contribution is 7.98. The molecule has 0 aliphatic carbocycles. The molecule has 0 saturated carbocycles. The summed E-state index contributed by atoms with van der Waals surface area (Å²) < 4.78 is 5.08. The van der Waals surface area contributed by atoms with Crippen molar-refractivity contribution in [1.29, 1.82) is 0 Å². The summed E-state index contributed by atoms with van der Waals surface area (Å²) in [5.41, 5.74) is -0.156. The number of likely N-dealkylation sites (N-methyl/N-ethyl adjacent to an activating group) is 1. The molecule has 0 fully saturated rings. The van der Waals surface area contributed by atoms with Crippen molar-refractivity contribution in [3.8, 4) is 0 Å². The van der Waals surface area contributed by atoms with E-state index in [1.165, 1.54) is 34.9 Å². The maximum absolute atomic E-state index is 12.4. The van der Waals surface area contributed by atoms with Crippen LogP contribution < -0.4 is 5.32 Å². The quantitative estimate of drug-likeness (QED) is 0.335. The molecule has 0 saturated heterocycles. The highest BCUT2D eigenvalue weighted by atomic mass is 32.2. The topological polar surface area (TPSA) is 119 Å². The number of rotatable bonds is 11. The van der Waals surface area contributed by atoms with Gasteiger partial charge in [-0.2, -0.15) is 11.8 Å². The van der Waals surface area contributed by atoms with Crippen LogP contribution in [0, 0.1) is 10.1 Å². The second kappa shape index (κ2) is 12.0. The van der Waals surface area contributed by atoms with Crippen LogP contribution in [0.4, 0.5) is 5.69 Å². The Kier molecular flexibility index (Phi) is 10.0. The van der Waals surface area contributed by atoms with Crippen LogP contribution in [-0.2, 0) is 14.3 Å². The zero-order valence-corrected chi connectivity index (χ0v) is 17.0. The zero-order valence-electron chi connectivity index (χ0n) is 16.2. The first-order valence-electron chi connectivity index (χ1n) is 8.82. The minimum atomic E-state index is -0.955. The van der Waals surface area contributed by atoms with Gasteiger partial charge in [0.2, 0.25) is 0 Å². The molecule has 28 heavy (non-hydrogen) atoms. The number of non-ortho nitro benzene ring substituents is 1. The molecule has 9 nitrogen and oxygen atoms in total. The molecule has 1 rings (SSSR count). The molecule has 1 unspecified atom stereocenters. The Labute approximate surface area is 167 Å². The Hall–Kier alpha value is -2.62. The standard InChI is InChI=1S/C18H25N3O6S/c1-4-20(5-2)16(22)12-27-18(24)15(9-10-28-3)19-17(23)13-7-6-8-14(11-13)21(25)26/h6-8,11,15H,4-5,9-10,12H2,1-3H3,(H,19,23). The third-order valence-electron chi connectivity index (χ3n) is 3.97. The normalized spacial score (nSPS) is 11.4. The molecule has 0 aliphatic heterocycles. The second-order valence-corrected chi connectivity index (χ2v) is 6.77. The Morgan fingerprint density at radius 1 is 1.29 bits per heavy atom. The van der Waals surface area contributed by atoms with Crippen molar-refractivity contribution in [2.75, 3.05) is 31.7 Å². The third-order valence-corrected chi connectivity index (χ3v) is 4.62. The van der Waals surface area contributed by atoms with Gasteiger partial charge in [0.25, 0.3) is 17.5 Å². The lowest BCUT2D eigenvalue weighted by molar-refractivity contribution is -0.384. The maximum atomic E-state index is 12.4. The van der Waals surface area contributed by atoms with Crippen molar-refractivity contribution in [1.82, 2.24) is 10.2 Å². The van der Waals surface area contributed by atoms with E-state index in [4.69, 9.17) is 4.74 Å². The largest absolute Gasteiger partial charge is 0.454 e. The number of benzene rings is 1. The molecule has 0 radical (unpaired) electrons.